The molecule has 1 aliphatic heterocycles. The zero-order valence-electron chi connectivity index (χ0n) is 13.1. The van der Waals surface area contributed by atoms with Gasteiger partial charge in [-0.05, 0) is 6.92 Å². The lowest BCUT2D eigenvalue weighted by atomic mass is 10.3. The van der Waals surface area contributed by atoms with Crippen LogP contribution < -0.4 is 32.6 Å². The third kappa shape index (κ3) is 6.35. The Kier molecular flexibility index (Phi) is 7.28. The predicted molar refractivity (Wildman–Crippen MR) is 65.8 cm³/mol. The molecule has 0 aromatic carbocycles. The summed E-state index contributed by atoms with van der Waals surface area (Å²) in [6, 6.07) is 0.573. The molecule has 0 aliphatic carbocycles. The van der Waals surface area contributed by atoms with Crippen molar-refractivity contribution in [3.8, 4) is 12.0 Å². The van der Waals surface area contributed by atoms with Crippen LogP contribution in [0.2, 0.25) is 0 Å². The average Bonchev–Trinajstić information content (AvgIpc) is 2.53. The molecule has 23 heavy (non-hydrogen) atoms. The monoisotopic (exact) mass is 354 g/mol. The Hall–Kier alpha value is -1.34. The molecule has 1 aliphatic rings. The molecule has 0 saturated carbocycles. The van der Waals surface area contributed by atoms with Gasteiger partial charge in [-0.1, -0.05) is 0 Å². The number of morpholine rings is 1. The summed E-state index contributed by atoms with van der Waals surface area (Å²) >= 11 is 0. The summed E-state index contributed by atoms with van der Waals surface area (Å²) < 4.78 is 50.2. The van der Waals surface area contributed by atoms with Gasteiger partial charge in [0.05, 0.1) is 34.0 Å². The quantitative estimate of drug-likeness (QED) is 0.482. The predicted octanol–water partition coefficient (Wildman–Crippen LogP) is -4.51. The molecule has 0 atom stereocenters. The highest BCUT2D eigenvalue weighted by Crippen LogP contribution is 2.24. The van der Waals surface area contributed by atoms with E-state index >= 15 is 0 Å². The van der Waals surface area contributed by atoms with E-state index < -0.39 is 10.2 Å². The second kappa shape index (κ2) is 8.49. The Morgan fingerprint density at radius 2 is 1.43 bits per heavy atom. The van der Waals surface area contributed by atoms with Crippen LogP contribution in [0.3, 0.4) is 0 Å². The van der Waals surface area contributed by atoms with E-state index in [1.807, 2.05) is 0 Å². The summed E-state index contributed by atoms with van der Waals surface area (Å²) in [5.41, 5.74) is 0. The topological polar surface area (TPSA) is 159 Å². The van der Waals surface area contributed by atoms with Gasteiger partial charge in [-0.15, -0.1) is 25.2 Å². The van der Waals surface area contributed by atoms with Crippen molar-refractivity contribution in [1.82, 2.24) is 19.4 Å². The molecular formula is C11H19ClN4O7. The summed E-state index contributed by atoms with van der Waals surface area (Å²) in [6.45, 7) is 6.15. The highest BCUT2D eigenvalue weighted by atomic mass is 35.7. The maximum absolute atomic E-state index is 8.49. The number of hydrogen-bond donors (Lipinski definition) is 0. The van der Waals surface area contributed by atoms with E-state index in [1.54, 1.807) is 0 Å². The lowest BCUT2D eigenvalue weighted by Gasteiger charge is -2.37. The summed E-state index contributed by atoms with van der Waals surface area (Å²) in [4.78, 5) is 12.7. The van der Waals surface area contributed by atoms with Gasteiger partial charge in [-0.2, -0.15) is 0 Å². The molecule has 132 valence electrons. The maximum Gasteiger partial charge on any atom is 0.338 e. The van der Waals surface area contributed by atoms with Crippen molar-refractivity contribution in [2.75, 3.05) is 47.1 Å². The summed E-state index contributed by atoms with van der Waals surface area (Å²) in [5, 5.41) is 0. The zero-order valence-corrected chi connectivity index (χ0v) is 13.8. The van der Waals surface area contributed by atoms with Crippen LogP contribution in [0.4, 0.5) is 5.95 Å². The molecule has 12 heteroatoms. The van der Waals surface area contributed by atoms with Gasteiger partial charge < -0.3 is 14.2 Å². The molecule has 0 bridgehead atoms. The fourth-order valence-electron chi connectivity index (χ4n) is 2.07. The molecule has 2 heterocycles. The van der Waals surface area contributed by atoms with Gasteiger partial charge in [0.25, 0.3) is 0 Å². The number of halogens is 1. The molecule has 0 N–H and O–H groups in total. The van der Waals surface area contributed by atoms with E-state index in [9.17, 15) is 0 Å². The number of ether oxygens (including phenoxy) is 3. The summed E-state index contributed by atoms with van der Waals surface area (Å²) in [6.07, 6.45) is 0. The average molecular weight is 355 g/mol. The van der Waals surface area contributed by atoms with Crippen LogP contribution in [0.5, 0.6) is 12.0 Å². The third-order valence-electron chi connectivity index (χ3n) is 3.30. The molecular weight excluding hydrogens is 336 g/mol. The van der Waals surface area contributed by atoms with Gasteiger partial charge in [0.15, 0.2) is 0 Å². The second-order valence-electron chi connectivity index (χ2n) is 4.51. The van der Waals surface area contributed by atoms with E-state index in [0.29, 0.717) is 23.6 Å². The van der Waals surface area contributed by atoms with Gasteiger partial charge in [-0.25, -0.2) is 18.6 Å². The van der Waals surface area contributed by atoms with Crippen LogP contribution in [0, 0.1) is 10.2 Å². The summed E-state index contributed by atoms with van der Waals surface area (Å²) in [5.74, 6) is 0.685. The van der Waals surface area contributed by atoms with Crippen LogP contribution in [-0.4, -0.2) is 62.0 Å². The minimum atomic E-state index is -4.94. The van der Waals surface area contributed by atoms with Gasteiger partial charge in [-0.3, -0.25) is 4.48 Å². The van der Waals surface area contributed by atoms with Gasteiger partial charge in [0.1, 0.15) is 13.1 Å². The number of rotatable bonds is 4. The van der Waals surface area contributed by atoms with Crippen LogP contribution in [0.25, 0.3) is 0 Å². The van der Waals surface area contributed by atoms with Crippen LogP contribution in [0.1, 0.15) is 6.92 Å². The van der Waals surface area contributed by atoms with Crippen molar-refractivity contribution >= 4 is 5.95 Å². The Bertz CT molecular complexity index is 466. The SMILES string of the molecule is CC[N+]1(c2nc(OC)nc(OC)n2)CCOCC1.[O-][Cl+3]([O-])([O-])[O-]. The zero-order chi connectivity index (χ0) is 17.5. The number of nitrogens with zero attached hydrogens (tertiary/aromatic N) is 4. The van der Waals surface area contributed by atoms with E-state index in [1.165, 1.54) is 14.2 Å². The molecule has 0 amide bonds. The van der Waals surface area contributed by atoms with E-state index in [4.69, 9.17) is 32.8 Å². The normalized spacial score (nSPS) is 17.0. The molecule has 0 radical (unpaired) electrons. The van der Waals surface area contributed by atoms with E-state index in [0.717, 1.165) is 19.6 Å². The van der Waals surface area contributed by atoms with Crippen molar-refractivity contribution in [3.05, 3.63) is 0 Å². The van der Waals surface area contributed by atoms with Crippen molar-refractivity contribution in [1.29, 1.82) is 0 Å². The number of quaternary nitrogens is 1. The smallest absolute Gasteiger partial charge is 0.338 e. The Morgan fingerprint density at radius 3 is 1.78 bits per heavy atom. The molecule has 0 unspecified atom stereocenters. The number of likely N-dealkylation sites (N-methyl/N-ethyl adjacent to an activating group) is 1. The van der Waals surface area contributed by atoms with Gasteiger partial charge in [0.2, 0.25) is 0 Å². The third-order valence-corrected chi connectivity index (χ3v) is 3.30. The Balaban J connectivity index is 0.000000463. The molecule has 11 nitrogen and oxygen atoms in total. The van der Waals surface area contributed by atoms with Gasteiger partial charge in [0, 0.05) is 0 Å². The standard InChI is InChI=1S/C11H19N4O3.ClHO4/c1-4-15(5-7-18-8-6-15)9-12-10(16-2)14-11(13-9)17-3;2-1(3,4)5/h4-8H2,1-3H3;(H,2,3,4,5)/q+1;/p-1. The minimum absolute atomic E-state index is 0.286. The lowest BCUT2D eigenvalue weighted by Crippen LogP contribution is -2.68. The van der Waals surface area contributed by atoms with E-state index in [2.05, 4.69) is 21.9 Å². The molecule has 1 saturated heterocycles. The highest BCUT2D eigenvalue weighted by Gasteiger charge is 2.35. The fourth-order valence-corrected chi connectivity index (χ4v) is 2.07. The van der Waals surface area contributed by atoms with Crippen LogP contribution >= 0.6 is 0 Å². The van der Waals surface area contributed by atoms with Crippen LogP contribution in [-0.2, 0) is 4.74 Å². The van der Waals surface area contributed by atoms with Crippen molar-refractivity contribution in [2.45, 2.75) is 6.92 Å². The summed E-state index contributed by atoms with van der Waals surface area (Å²) in [7, 11) is -1.87. The van der Waals surface area contributed by atoms with Crippen molar-refractivity contribution < 1.29 is 43.1 Å². The fraction of sp³-hybridized carbons (Fsp3) is 0.727. The molecule has 1 aromatic rings. The minimum Gasteiger partial charge on any atom is -0.466 e. The molecule has 1 fully saturated rings. The first kappa shape index (κ1) is 19.7. The maximum atomic E-state index is 8.49. The molecule has 0 spiro atoms. The highest BCUT2D eigenvalue weighted by molar-refractivity contribution is 5.28. The van der Waals surface area contributed by atoms with Crippen LogP contribution in [0.15, 0.2) is 0 Å². The number of methoxy groups -OCH3 is 2. The van der Waals surface area contributed by atoms with Crippen molar-refractivity contribution in [3.63, 3.8) is 0 Å². The first-order chi connectivity index (χ1) is 10.7. The molecule has 1 aromatic heterocycles. The number of aromatic nitrogens is 3. The number of hydrogen-bond acceptors (Lipinski definition) is 10. The van der Waals surface area contributed by atoms with Gasteiger partial charge >= 0.3 is 18.0 Å². The Morgan fingerprint density at radius 1 is 1.00 bits per heavy atom. The Labute approximate surface area is 135 Å². The lowest BCUT2D eigenvalue weighted by molar-refractivity contribution is -2.00. The largest absolute Gasteiger partial charge is 0.466 e. The van der Waals surface area contributed by atoms with E-state index in [-0.39, 0.29) is 12.0 Å². The molecule has 2 rings (SSSR count). The first-order valence-corrected chi connectivity index (χ1v) is 7.87. The van der Waals surface area contributed by atoms with Crippen molar-refractivity contribution in [2.24, 2.45) is 0 Å². The first-order valence-electron chi connectivity index (χ1n) is 6.64. The second-order valence-corrected chi connectivity index (χ2v) is 5.26.